The maximum absolute atomic E-state index is 12.4. The summed E-state index contributed by atoms with van der Waals surface area (Å²) < 4.78 is 16.7. The fourth-order valence-electron chi connectivity index (χ4n) is 9.95. The molecular weight excluding hydrogens is 524 g/mol. The molecule has 4 saturated carbocycles. The monoisotopic (exact) mass is 568 g/mol. The summed E-state index contributed by atoms with van der Waals surface area (Å²) in [6, 6.07) is 0. The van der Waals surface area contributed by atoms with E-state index in [-0.39, 0.29) is 36.8 Å². The summed E-state index contributed by atoms with van der Waals surface area (Å²) in [6.45, 7) is 3.71. The van der Waals surface area contributed by atoms with Crippen molar-refractivity contribution in [1.82, 2.24) is 0 Å². The lowest BCUT2D eigenvalue weighted by Crippen LogP contribution is -2.71. The Balaban J connectivity index is 1.22. The first-order valence-electron chi connectivity index (χ1n) is 14.7. The topological polar surface area (TPSA) is 186 Å². The highest BCUT2D eigenvalue weighted by atomic mass is 16.7. The van der Waals surface area contributed by atoms with E-state index in [1.54, 1.807) is 0 Å². The van der Waals surface area contributed by atoms with Gasteiger partial charge in [-0.1, -0.05) is 13.8 Å². The summed E-state index contributed by atoms with van der Waals surface area (Å²) in [5.74, 6) is -0.984. The molecule has 2 heterocycles. The third-order valence-corrected chi connectivity index (χ3v) is 12.2. The lowest BCUT2D eigenvalue weighted by atomic mass is 9.41. The second-order valence-corrected chi connectivity index (χ2v) is 13.8. The van der Waals surface area contributed by atoms with Crippen LogP contribution in [0.1, 0.15) is 65.2 Å². The van der Waals surface area contributed by atoms with Gasteiger partial charge in [-0.05, 0) is 68.3 Å². The molecule has 11 heteroatoms. The molecule has 0 spiro atoms. The third kappa shape index (κ3) is 3.92. The molecule has 11 nitrogen and oxygen atoms in total. The molecule has 6 aliphatic rings. The Labute approximate surface area is 233 Å². The van der Waals surface area contributed by atoms with Gasteiger partial charge in [0.25, 0.3) is 0 Å². The van der Waals surface area contributed by atoms with Gasteiger partial charge < -0.3 is 50.0 Å². The van der Waals surface area contributed by atoms with Gasteiger partial charge in [-0.25, -0.2) is 4.79 Å². The molecule has 0 aromatic carbocycles. The molecule has 4 aliphatic carbocycles. The van der Waals surface area contributed by atoms with E-state index in [2.05, 4.69) is 0 Å². The molecule has 226 valence electrons. The molecule has 40 heavy (non-hydrogen) atoms. The minimum Gasteiger partial charge on any atom is -0.458 e. The maximum atomic E-state index is 12.4. The lowest BCUT2D eigenvalue weighted by Gasteiger charge is -2.67. The first kappa shape index (κ1) is 28.9. The molecule has 5 fully saturated rings. The quantitative estimate of drug-likeness (QED) is 0.171. The predicted octanol–water partition coefficient (Wildman–Crippen LogP) is -0.486. The fraction of sp³-hybridized carbons (Fsp3) is 0.897. The van der Waals surface area contributed by atoms with Gasteiger partial charge in [0.1, 0.15) is 31.0 Å². The molecule has 0 amide bonds. The van der Waals surface area contributed by atoms with Crippen LogP contribution in [-0.2, 0) is 19.0 Å². The van der Waals surface area contributed by atoms with Gasteiger partial charge >= 0.3 is 5.97 Å². The van der Waals surface area contributed by atoms with Gasteiger partial charge in [-0.15, -0.1) is 0 Å². The summed E-state index contributed by atoms with van der Waals surface area (Å²) in [7, 11) is 0. The van der Waals surface area contributed by atoms with E-state index in [0.29, 0.717) is 44.9 Å². The summed E-state index contributed by atoms with van der Waals surface area (Å²) in [4.78, 5) is 11.8. The first-order valence-corrected chi connectivity index (χ1v) is 14.7. The van der Waals surface area contributed by atoms with Gasteiger partial charge in [0, 0.05) is 23.3 Å². The van der Waals surface area contributed by atoms with Crippen molar-refractivity contribution in [2.45, 2.75) is 119 Å². The Bertz CT molecular complexity index is 1050. The number of cyclic esters (lactones) is 1. The van der Waals surface area contributed by atoms with Crippen LogP contribution in [-0.4, -0.2) is 109 Å². The van der Waals surface area contributed by atoms with Crippen LogP contribution in [0.2, 0.25) is 0 Å². The van der Waals surface area contributed by atoms with E-state index in [4.69, 9.17) is 14.2 Å². The highest BCUT2D eigenvalue weighted by Crippen LogP contribution is 2.70. The lowest BCUT2D eigenvalue weighted by molar-refractivity contribution is -0.327. The average Bonchev–Trinajstić information content (AvgIpc) is 3.44. The van der Waals surface area contributed by atoms with Crippen molar-refractivity contribution in [2.24, 2.45) is 28.6 Å². The predicted molar refractivity (Wildman–Crippen MR) is 137 cm³/mol. The van der Waals surface area contributed by atoms with E-state index < -0.39 is 71.6 Å². The molecule has 0 aromatic heterocycles. The first-order chi connectivity index (χ1) is 18.8. The van der Waals surface area contributed by atoms with Crippen molar-refractivity contribution in [2.75, 3.05) is 13.2 Å². The van der Waals surface area contributed by atoms with Gasteiger partial charge in [-0.3, -0.25) is 0 Å². The van der Waals surface area contributed by atoms with E-state index >= 15 is 0 Å². The number of hydrogen-bond acceptors (Lipinski definition) is 11. The van der Waals surface area contributed by atoms with E-state index in [0.717, 1.165) is 5.57 Å². The van der Waals surface area contributed by atoms with E-state index in [9.17, 15) is 40.5 Å². The molecule has 7 N–H and O–H groups in total. The van der Waals surface area contributed by atoms with Crippen LogP contribution < -0.4 is 0 Å². The second-order valence-electron chi connectivity index (χ2n) is 13.8. The van der Waals surface area contributed by atoms with Crippen LogP contribution in [0.15, 0.2) is 11.6 Å². The number of carbonyl (C=O) groups is 1. The molecule has 1 saturated heterocycles. The minimum atomic E-state index is -1.55. The number of aliphatic hydroxyl groups is 7. The Morgan fingerprint density at radius 1 is 0.950 bits per heavy atom. The van der Waals surface area contributed by atoms with Crippen molar-refractivity contribution in [3.05, 3.63) is 11.6 Å². The molecule has 2 aliphatic heterocycles. The van der Waals surface area contributed by atoms with Crippen molar-refractivity contribution in [3.63, 3.8) is 0 Å². The summed E-state index contributed by atoms with van der Waals surface area (Å²) in [5.41, 5.74) is -2.70. The van der Waals surface area contributed by atoms with Gasteiger partial charge in [0.15, 0.2) is 6.29 Å². The van der Waals surface area contributed by atoms with Crippen LogP contribution in [0.5, 0.6) is 0 Å². The molecular formula is C29H44O11. The largest absolute Gasteiger partial charge is 0.458 e. The normalized spacial score (nSPS) is 56.1. The molecule has 0 radical (unpaired) electrons. The molecule has 0 aromatic rings. The zero-order valence-corrected chi connectivity index (χ0v) is 23.2. The highest BCUT2D eigenvalue weighted by Gasteiger charge is 2.72. The SMILES string of the molecule is C[C@]12CC[C@@H](O[C@H]3O[C@H](CO)[C@@H](O)[C@@H](O)[C@H]3O)C[C@@]1(O)CC[C@@H]1[C@@H]2[C@H](O)C[C@]2(C)[C@H](C3=CC(=O)OC3)CC[C@]12O. The van der Waals surface area contributed by atoms with Crippen molar-refractivity contribution >= 4 is 5.97 Å². The minimum absolute atomic E-state index is 0.0594. The average molecular weight is 569 g/mol. The third-order valence-electron chi connectivity index (χ3n) is 12.2. The number of rotatable bonds is 4. The zero-order chi connectivity index (χ0) is 28.8. The molecule has 0 unspecified atom stereocenters. The number of fused-ring (bicyclic) bond motifs is 5. The zero-order valence-electron chi connectivity index (χ0n) is 23.2. The van der Waals surface area contributed by atoms with Crippen molar-refractivity contribution in [3.8, 4) is 0 Å². The van der Waals surface area contributed by atoms with Crippen molar-refractivity contribution < 1.29 is 54.8 Å². The van der Waals surface area contributed by atoms with Crippen LogP contribution in [0, 0.1) is 28.6 Å². The maximum Gasteiger partial charge on any atom is 0.331 e. The number of aliphatic hydroxyl groups excluding tert-OH is 5. The number of hydrogen-bond donors (Lipinski definition) is 7. The number of esters is 1. The fourth-order valence-corrected chi connectivity index (χ4v) is 9.95. The number of ether oxygens (including phenoxy) is 3. The van der Waals surface area contributed by atoms with Crippen LogP contribution in [0.4, 0.5) is 0 Å². The molecule has 0 bridgehead atoms. The highest BCUT2D eigenvalue weighted by molar-refractivity contribution is 5.85. The van der Waals surface area contributed by atoms with Gasteiger partial charge in [0.05, 0.1) is 30.0 Å². The summed E-state index contributed by atoms with van der Waals surface area (Å²) >= 11 is 0. The molecule has 6 rings (SSSR count). The Morgan fingerprint density at radius 2 is 1.70 bits per heavy atom. The van der Waals surface area contributed by atoms with Crippen molar-refractivity contribution in [1.29, 1.82) is 0 Å². The standard InChI is InChI=1S/C29H44O11/c1-26-6-3-15(39-25-24(35)23(34)22(33)19(12-30)40-25)10-28(26,36)7-4-17-21(26)18(31)11-27(2)16(5-8-29(17,27)37)14-9-20(32)38-13-14/h9,15-19,21-25,30-31,33-37H,3-8,10-13H2,1-2H3/t15-,16+,17-,18-,19-,21-,22-,23-,24-,25+,26-,27-,28+,29+/m1/s1. The van der Waals surface area contributed by atoms with Crippen LogP contribution in [0.3, 0.4) is 0 Å². The second kappa shape index (κ2) is 9.68. The summed E-state index contributed by atoms with van der Waals surface area (Å²) in [6.07, 6.45) is -2.86. The number of carbonyl (C=O) groups excluding carboxylic acids is 1. The van der Waals surface area contributed by atoms with Gasteiger partial charge in [-0.2, -0.15) is 0 Å². The van der Waals surface area contributed by atoms with Crippen LogP contribution in [0.25, 0.3) is 0 Å². The van der Waals surface area contributed by atoms with Crippen LogP contribution >= 0.6 is 0 Å². The Kier molecular flexibility index (Phi) is 7.01. The Morgan fingerprint density at radius 3 is 2.38 bits per heavy atom. The van der Waals surface area contributed by atoms with E-state index in [1.807, 2.05) is 13.8 Å². The summed E-state index contributed by atoms with van der Waals surface area (Å²) in [5, 5.41) is 76.4. The Hall–Kier alpha value is -1.15. The van der Waals surface area contributed by atoms with Gasteiger partial charge in [0.2, 0.25) is 0 Å². The smallest absolute Gasteiger partial charge is 0.331 e. The van der Waals surface area contributed by atoms with E-state index in [1.165, 1.54) is 6.08 Å². The molecule has 14 atom stereocenters.